The van der Waals surface area contributed by atoms with Crippen molar-refractivity contribution < 1.29 is 24.2 Å². The lowest BCUT2D eigenvalue weighted by atomic mass is 10.0. The summed E-state index contributed by atoms with van der Waals surface area (Å²) in [6.45, 7) is 0.417. The number of aliphatic hydroxyl groups excluding tert-OH is 1. The third-order valence-corrected chi connectivity index (χ3v) is 8.97. The molecule has 0 spiro atoms. The molecule has 0 bridgehead atoms. The van der Waals surface area contributed by atoms with Crippen LogP contribution in [-0.4, -0.2) is 28.8 Å². The summed E-state index contributed by atoms with van der Waals surface area (Å²) in [7, 11) is 0. The van der Waals surface area contributed by atoms with Gasteiger partial charge in [0, 0.05) is 42.0 Å². The zero-order chi connectivity index (χ0) is 32.1. The Balaban J connectivity index is 1.10. The zero-order valence-corrected chi connectivity index (χ0v) is 26.6. The Morgan fingerprint density at radius 3 is 2.15 bits per heavy atom. The van der Waals surface area contributed by atoms with Gasteiger partial charge in [0.25, 0.3) is 0 Å². The summed E-state index contributed by atoms with van der Waals surface area (Å²) < 4.78 is 12.9. The lowest BCUT2D eigenvalue weighted by Crippen LogP contribution is -2.31. The molecule has 1 saturated heterocycles. The predicted molar refractivity (Wildman–Crippen MR) is 182 cm³/mol. The number of benzene rings is 4. The highest BCUT2D eigenvalue weighted by Gasteiger charge is 2.32. The highest BCUT2D eigenvalue weighted by atomic mass is 32.2. The van der Waals surface area contributed by atoms with Crippen molar-refractivity contribution in [3.8, 4) is 0 Å². The number of amides is 2. The first-order valence-corrected chi connectivity index (χ1v) is 16.6. The van der Waals surface area contributed by atoms with E-state index in [1.165, 1.54) is 4.90 Å². The van der Waals surface area contributed by atoms with Gasteiger partial charge >= 0.3 is 0 Å². The van der Waals surface area contributed by atoms with Crippen LogP contribution in [0, 0.1) is 0 Å². The molecule has 3 unspecified atom stereocenters. The van der Waals surface area contributed by atoms with Gasteiger partial charge in [-0.05, 0) is 53.8 Å². The van der Waals surface area contributed by atoms with Crippen molar-refractivity contribution in [3.05, 3.63) is 125 Å². The normalized spacial score (nSPS) is 17.7. The van der Waals surface area contributed by atoms with Gasteiger partial charge in [-0.1, -0.05) is 78.9 Å². The fourth-order valence-corrected chi connectivity index (χ4v) is 6.15. The molecule has 240 valence electrons. The number of nitrogens with one attached hydrogen (secondary N) is 2. The molecule has 1 aliphatic heterocycles. The first-order chi connectivity index (χ1) is 22.5. The maximum absolute atomic E-state index is 12.4. The Labute approximate surface area is 274 Å². The number of hydrogen-bond donors (Lipinski definition) is 4. The Morgan fingerprint density at radius 2 is 1.43 bits per heavy atom. The zero-order valence-electron chi connectivity index (χ0n) is 25.8. The van der Waals surface area contributed by atoms with Crippen molar-refractivity contribution >= 4 is 35.0 Å². The molecular weight excluding hydrogens is 598 g/mol. The summed E-state index contributed by atoms with van der Waals surface area (Å²) in [5, 5.41) is 15.2. The highest BCUT2D eigenvalue weighted by molar-refractivity contribution is 7.99. The SMILES string of the molecule is Nc1ccccc1NC(=O)CCCCC(=O)NCc1ccc(C2OC(CSc3ccccc3)CC(c3ccc(CO)cc3)O2)cc1. The van der Waals surface area contributed by atoms with Crippen molar-refractivity contribution in [2.75, 3.05) is 16.8 Å². The number of carbonyl (C=O) groups excluding carboxylic acids is 2. The Bertz CT molecular complexity index is 1550. The van der Waals surface area contributed by atoms with Crippen LogP contribution in [-0.2, 0) is 32.2 Å². The number of anilines is 2. The van der Waals surface area contributed by atoms with E-state index in [0.29, 0.717) is 43.6 Å². The first kappa shape index (κ1) is 33.2. The van der Waals surface area contributed by atoms with Crippen LogP contribution in [0.2, 0.25) is 0 Å². The maximum atomic E-state index is 12.4. The average molecular weight is 640 g/mol. The molecule has 9 heteroatoms. The Kier molecular flexibility index (Phi) is 12.2. The molecule has 1 aliphatic rings. The van der Waals surface area contributed by atoms with E-state index in [-0.39, 0.29) is 30.6 Å². The summed E-state index contributed by atoms with van der Waals surface area (Å²) in [5.74, 6) is 0.631. The fraction of sp³-hybridized carbons (Fsp3) is 0.297. The molecule has 0 saturated carbocycles. The number of hydrogen-bond acceptors (Lipinski definition) is 7. The number of nitrogen functional groups attached to an aromatic ring is 1. The van der Waals surface area contributed by atoms with Crippen LogP contribution in [0.4, 0.5) is 11.4 Å². The minimum absolute atomic E-state index is 0.00482. The van der Waals surface area contributed by atoms with Gasteiger partial charge in [-0.2, -0.15) is 0 Å². The van der Waals surface area contributed by atoms with Crippen LogP contribution < -0.4 is 16.4 Å². The van der Waals surface area contributed by atoms with Crippen molar-refractivity contribution in [3.63, 3.8) is 0 Å². The average Bonchev–Trinajstić information content (AvgIpc) is 3.10. The topological polar surface area (TPSA) is 123 Å². The second kappa shape index (κ2) is 17.0. The van der Waals surface area contributed by atoms with Crippen LogP contribution in [0.15, 0.2) is 108 Å². The molecule has 8 nitrogen and oxygen atoms in total. The molecule has 0 aliphatic carbocycles. The first-order valence-electron chi connectivity index (χ1n) is 15.6. The summed E-state index contributed by atoms with van der Waals surface area (Å²) >= 11 is 1.77. The van der Waals surface area contributed by atoms with E-state index in [4.69, 9.17) is 15.2 Å². The monoisotopic (exact) mass is 639 g/mol. The second-order valence-corrected chi connectivity index (χ2v) is 12.4. The number of nitrogens with two attached hydrogens (primary N) is 1. The number of carbonyl (C=O) groups is 2. The minimum Gasteiger partial charge on any atom is -0.397 e. The highest BCUT2D eigenvalue weighted by Crippen LogP contribution is 2.39. The van der Waals surface area contributed by atoms with Gasteiger partial charge in [-0.15, -0.1) is 11.8 Å². The largest absolute Gasteiger partial charge is 0.397 e. The number of para-hydroxylation sites is 2. The predicted octanol–water partition coefficient (Wildman–Crippen LogP) is 6.91. The molecule has 4 aromatic carbocycles. The fourth-order valence-electron chi connectivity index (χ4n) is 5.20. The van der Waals surface area contributed by atoms with Crippen LogP contribution in [0.25, 0.3) is 0 Å². The number of aliphatic hydroxyl groups is 1. The third-order valence-electron chi connectivity index (χ3n) is 7.83. The van der Waals surface area contributed by atoms with Crippen molar-refractivity contribution in [2.24, 2.45) is 0 Å². The van der Waals surface area contributed by atoms with E-state index in [2.05, 4.69) is 22.8 Å². The van der Waals surface area contributed by atoms with E-state index in [1.807, 2.05) is 78.9 Å². The molecule has 4 aromatic rings. The Morgan fingerprint density at radius 1 is 0.783 bits per heavy atom. The molecule has 0 radical (unpaired) electrons. The molecule has 1 fully saturated rings. The van der Waals surface area contributed by atoms with E-state index >= 15 is 0 Å². The number of unbranched alkanes of at least 4 members (excludes halogenated alkanes) is 1. The number of rotatable bonds is 14. The van der Waals surface area contributed by atoms with E-state index < -0.39 is 6.29 Å². The van der Waals surface area contributed by atoms with Gasteiger partial charge in [-0.25, -0.2) is 0 Å². The quantitative estimate of drug-likeness (QED) is 0.0672. The van der Waals surface area contributed by atoms with Gasteiger partial charge in [0.1, 0.15) is 0 Å². The summed E-state index contributed by atoms with van der Waals surface area (Å²) in [6.07, 6.45) is 1.94. The van der Waals surface area contributed by atoms with Crippen molar-refractivity contribution in [1.29, 1.82) is 0 Å². The molecule has 5 N–H and O–H groups in total. The Hall–Kier alpha value is -4.15. The van der Waals surface area contributed by atoms with Crippen molar-refractivity contribution in [1.82, 2.24) is 5.32 Å². The molecule has 5 rings (SSSR count). The van der Waals surface area contributed by atoms with Crippen LogP contribution in [0.3, 0.4) is 0 Å². The summed E-state index contributed by atoms with van der Waals surface area (Å²) in [6, 6.07) is 33.3. The number of thioether (sulfide) groups is 1. The standard InChI is InChI=1S/C37H41N3O5S/c38-32-10-4-5-11-33(32)40-36(43)13-7-6-12-35(42)39-23-26-14-20-29(21-15-26)37-44-30(25-46-31-8-2-1-3-9-31)22-34(45-37)28-18-16-27(24-41)17-19-28/h1-5,8-11,14-21,30,34,37,41H,6-7,12-13,22-25,38H2,(H,39,42)(H,40,43). The molecule has 0 aromatic heterocycles. The second-order valence-electron chi connectivity index (χ2n) is 11.3. The molecule has 46 heavy (non-hydrogen) atoms. The van der Waals surface area contributed by atoms with Crippen LogP contribution in [0.5, 0.6) is 0 Å². The van der Waals surface area contributed by atoms with Gasteiger partial charge in [0.15, 0.2) is 6.29 Å². The van der Waals surface area contributed by atoms with Gasteiger partial charge in [0.2, 0.25) is 11.8 Å². The molecule has 1 heterocycles. The maximum Gasteiger partial charge on any atom is 0.224 e. The molecular formula is C37H41N3O5S. The van der Waals surface area contributed by atoms with E-state index in [9.17, 15) is 14.7 Å². The van der Waals surface area contributed by atoms with Gasteiger partial charge in [0.05, 0.1) is 30.2 Å². The lowest BCUT2D eigenvalue weighted by molar-refractivity contribution is -0.245. The van der Waals surface area contributed by atoms with Gasteiger partial charge in [-0.3, -0.25) is 9.59 Å². The third kappa shape index (κ3) is 9.92. The minimum atomic E-state index is -0.531. The number of ether oxygens (including phenoxy) is 2. The van der Waals surface area contributed by atoms with Crippen LogP contribution in [0.1, 0.15) is 66.8 Å². The molecule has 3 atom stereocenters. The smallest absolute Gasteiger partial charge is 0.224 e. The summed E-state index contributed by atoms with van der Waals surface area (Å²) in [5.41, 5.74) is 10.8. The van der Waals surface area contributed by atoms with Gasteiger partial charge < -0.3 is 30.9 Å². The van der Waals surface area contributed by atoms with E-state index in [1.54, 1.807) is 23.9 Å². The summed E-state index contributed by atoms with van der Waals surface area (Å²) in [4.78, 5) is 25.8. The van der Waals surface area contributed by atoms with E-state index in [0.717, 1.165) is 34.4 Å². The molecule has 2 amide bonds. The van der Waals surface area contributed by atoms with Crippen LogP contribution >= 0.6 is 11.8 Å². The lowest BCUT2D eigenvalue weighted by Gasteiger charge is -2.36. The van der Waals surface area contributed by atoms with Crippen molar-refractivity contribution in [2.45, 2.75) is 68.6 Å².